The van der Waals surface area contributed by atoms with Crippen molar-refractivity contribution in [1.29, 1.82) is 0 Å². The van der Waals surface area contributed by atoms with Crippen LogP contribution in [0.15, 0.2) is 29.3 Å². The third-order valence-electron chi connectivity index (χ3n) is 5.01. The monoisotopic (exact) mass is 556 g/mol. The van der Waals surface area contributed by atoms with Crippen molar-refractivity contribution >= 4 is 51.4 Å². The topological polar surface area (TPSA) is 73.8 Å². The highest BCUT2D eigenvalue weighted by atomic mass is 127. The van der Waals surface area contributed by atoms with Gasteiger partial charge >= 0.3 is 0 Å². The van der Waals surface area contributed by atoms with E-state index in [4.69, 9.17) is 16.6 Å². The molecule has 166 valence electrons. The number of piperidine rings is 1. The molecule has 0 saturated carbocycles. The average Bonchev–Trinajstić information content (AvgIpc) is 2.62. The molecule has 29 heavy (non-hydrogen) atoms. The second-order valence-corrected chi connectivity index (χ2v) is 10.2. The van der Waals surface area contributed by atoms with Gasteiger partial charge in [0.1, 0.15) is 9.84 Å². The van der Waals surface area contributed by atoms with Gasteiger partial charge in [-0.1, -0.05) is 23.7 Å². The summed E-state index contributed by atoms with van der Waals surface area (Å²) in [5.74, 6) is 1.33. The minimum Gasteiger partial charge on any atom is -0.357 e. The van der Waals surface area contributed by atoms with Crippen molar-refractivity contribution in [2.45, 2.75) is 32.2 Å². The molecule has 0 amide bonds. The fourth-order valence-electron chi connectivity index (χ4n) is 3.76. The molecule has 1 aromatic rings. The Labute approximate surface area is 197 Å². The number of benzene rings is 1. The molecule has 0 aromatic heterocycles. The molecule has 6 nitrogen and oxygen atoms in total. The van der Waals surface area contributed by atoms with Crippen molar-refractivity contribution in [1.82, 2.24) is 15.5 Å². The van der Waals surface area contributed by atoms with Crippen molar-refractivity contribution in [3.8, 4) is 0 Å². The van der Waals surface area contributed by atoms with Gasteiger partial charge in [0.25, 0.3) is 0 Å². The molecule has 2 atom stereocenters. The van der Waals surface area contributed by atoms with Gasteiger partial charge in [-0.2, -0.15) is 0 Å². The van der Waals surface area contributed by atoms with Crippen LogP contribution in [-0.2, 0) is 9.84 Å². The van der Waals surface area contributed by atoms with E-state index in [1.54, 1.807) is 0 Å². The largest absolute Gasteiger partial charge is 0.357 e. The third-order valence-corrected chi connectivity index (χ3v) is 6.28. The van der Waals surface area contributed by atoms with E-state index < -0.39 is 9.84 Å². The maximum atomic E-state index is 11.3. The second-order valence-electron chi connectivity index (χ2n) is 7.51. The lowest BCUT2D eigenvalue weighted by atomic mass is 9.85. The lowest BCUT2D eigenvalue weighted by Crippen LogP contribution is -2.40. The molecule has 1 aliphatic rings. The van der Waals surface area contributed by atoms with Crippen LogP contribution in [0.4, 0.5) is 0 Å². The number of hydrogen-bond donors (Lipinski definition) is 2. The van der Waals surface area contributed by atoms with Crippen LogP contribution in [0.3, 0.4) is 0 Å². The first-order valence-corrected chi connectivity index (χ1v) is 12.4. The number of aliphatic imine (C=N–C) groups is 1. The van der Waals surface area contributed by atoms with Crippen molar-refractivity contribution in [3.63, 3.8) is 0 Å². The fraction of sp³-hybridized carbons (Fsp3) is 0.650. The van der Waals surface area contributed by atoms with Crippen LogP contribution in [0.5, 0.6) is 0 Å². The average molecular weight is 557 g/mol. The van der Waals surface area contributed by atoms with E-state index >= 15 is 0 Å². The molecule has 0 bridgehead atoms. The zero-order valence-corrected chi connectivity index (χ0v) is 21.4. The summed E-state index contributed by atoms with van der Waals surface area (Å²) in [6, 6.07) is 8.41. The minimum atomic E-state index is -2.93. The van der Waals surface area contributed by atoms with E-state index in [9.17, 15) is 8.42 Å². The molecule has 1 aliphatic heterocycles. The lowest BCUT2D eigenvalue weighted by Gasteiger charge is -2.39. The zero-order valence-electron chi connectivity index (χ0n) is 17.5. The molecule has 1 aromatic carbocycles. The van der Waals surface area contributed by atoms with E-state index in [1.807, 2.05) is 19.1 Å². The van der Waals surface area contributed by atoms with Crippen LogP contribution in [-0.4, -0.2) is 64.5 Å². The van der Waals surface area contributed by atoms with Crippen molar-refractivity contribution in [2.24, 2.45) is 10.9 Å². The van der Waals surface area contributed by atoms with Crippen LogP contribution in [0.2, 0.25) is 5.02 Å². The Hall–Kier alpha value is -0.580. The molecule has 1 saturated heterocycles. The molecular weight excluding hydrogens is 523 g/mol. The molecular formula is C20H34ClIN4O2S. The SMILES string of the molecule is CCNC(=NCC1CCCN(C)C1c1cccc(Cl)c1)NCCCS(C)(=O)=O.I. The van der Waals surface area contributed by atoms with E-state index in [2.05, 4.69) is 34.7 Å². The third kappa shape index (κ3) is 9.40. The van der Waals surface area contributed by atoms with Gasteiger partial charge in [0.2, 0.25) is 0 Å². The first-order chi connectivity index (χ1) is 13.3. The highest BCUT2D eigenvalue weighted by molar-refractivity contribution is 14.0. The van der Waals surface area contributed by atoms with Gasteiger partial charge in [-0.05, 0) is 63.4 Å². The number of sulfone groups is 1. The Morgan fingerprint density at radius 1 is 1.34 bits per heavy atom. The zero-order chi connectivity index (χ0) is 20.6. The van der Waals surface area contributed by atoms with E-state index in [1.165, 1.54) is 11.8 Å². The molecule has 0 radical (unpaired) electrons. The Morgan fingerprint density at radius 3 is 2.76 bits per heavy atom. The van der Waals surface area contributed by atoms with Crippen LogP contribution in [0, 0.1) is 5.92 Å². The Bertz CT molecular complexity index is 761. The highest BCUT2D eigenvalue weighted by Gasteiger charge is 2.30. The molecule has 2 rings (SSSR count). The molecule has 0 spiro atoms. The molecule has 1 heterocycles. The molecule has 0 aliphatic carbocycles. The van der Waals surface area contributed by atoms with E-state index in [0.717, 1.165) is 36.9 Å². The van der Waals surface area contributed by atoms with Gasteiger partial charge < -0.3 is 10.6 Å². The van der Waals surface area contributed by atoms with Gasteiger partial charge in [-0.25, -0.2) is 8.42 Å². The number of nitrogens with zero attached hydrogens (tertiary/aromatic N) is 2. The van der Waals surface area contributed by atoms with Crippen LogP contribution < -0.4 is 10.6 Å². The summed E-state index contributed by atoms with van der Waals surface area (Å²) in [6.07, 6.45) is 4.12. The van der Waals surface area contributed by atoms with Gasteiger partial charge in [0.05, 0.1) is 5.75 Å². The quantitative estimate of drug-likeness (QED) is 0.222. The van der Waals surface area contributed by atoms with Gasteiger partial charge in [-0.15, -0.1) is 24.0 Å². The predicted molar refractivity (Wildman–Crippen MR) is 133 cm³/mol. The Balaban J connectivity index is 0.00000420. The number of likely N-dealkylation sites (tertiary alicyclic amines) is 1. The van der Waals surface area contributed by atoms with Crippen LogP contribution >= 0.6 is 35.6 Å². The maximum Gasteiger partial charge on any atom is 0.191 e. The van der Waals surface area contributed by atoms with Crippen molar-refractivity contribution in [2.75, 3.05) is 45.2 Å². The number of guanidine groups is 1. The number of hydrogen-bond acceptors (Lipinski definition) is 4. The van der Waals surface area contributed by atoms with Gasteiger partial charge in [0, 0.05) is 37.0 Å². The summed E-state index contributed by atoms with van der Waals surface area (Å²) < 4.78 is 22.5. The summed E-state index contributed by atoms with van der Waals surface area (Å²) in [4.78, 5) is 7.18. The predicted octanol–water partition coefficient (Wildman–Crippen LogP) is 3.33. The summed E-state index contributed by atoms with van der Waals surface area (Å²) in [5, 5.41) is 7.26. The standard InChI is InChI=1S/C20H33ClN4O2S.HI/c1-4-22-20(23-11-7-13-28(3,26)27)24-15-17-9-6-12-25(2)19(17)16-8-5-10-18(21)14-16;/h5,8,10,14,17,19H,4,6-7,9,11-13,15H2,1-3H3,(H2,22,23,24);1H. The van der Waals surface area contributed by atoms with Crippen molar-refractivity contribution < 1.29 is 8.42 Å². The van der Waals surface area contributed by atoms with Gasteiger partial charge in [0.15, 0.2) is 5.96 Å². The normalized spacial score (nSPS) is 20.8. The summed E-state index contributed by atoms with van der Waals surface area (Å²) in [7, 11) is -0.765. The number of nitrogens with one attached hydrogen (secondary N) is 2. The summed E-state index contributed by atoms with van der Waals surface area (Å²) >= 11 is 6.22. The van der Waals surface area contributed by atoms with E-state index in [0.29, 0.717) is 31.5 Å². The number of rotatable bonds is 8. The summed E-state index contributed by atoms with van der Waals surface area (Å²) in [5.41, 5.74) is 1.24. The van der Waals surface area contributed by atoms with Crippen molar-refractivity contribution in [3.05, 3.63) is 34.9 Å². The van der Waals surface area contributed by atoms with Crippen LogP contribution in [0.1, 0.15) is 37.8 Å². The molecule has 1 fully saturated rings. The first kappa shape index (κ1) is 26.5. The second kappa shape index (κ2) is 13.0. The minimum absolute atomic E-state index is 0. The van der Waals surface area contributed by atoms with Gasteiger partial charge in [-0.3, -0.25) is 9.89 Å². The Morgan fingerprint density at radius 2 is 2.10 bits per heavy atom. The highest BCUT2D eigenvalue weighted by Crippen LogP contribution is 2.36. The molecule has 9 heteroatoms. The number of halogens is 2. The smallest absolute Gasteiger partial charge is 0.191 e. The first-order valence-electron chi connectivity index (χ1n) is 9.95. The lowest BCUT2D eigenvalue weighted by molar-refractivity contribution is 0.125. The summed E-state index contributed by atoms with van der Waals surface area (Å²) in [6.45, 7) is 5.16. The fourth-order valence-corrected chi connectivity index (χ4v) is 4.63. The van der Waals surface area contributed by atoms with E-state index in [-0.39, 0.29) is 29.7 Å². The molecule has 2 unspecified atom stereocenters. The maximum absolute atomic E-state index is 11.3. The van der Waals surface area contributed by atoms with Crippen LogP contribution in [0.25, 0.3) is 0 Å². The Kier molecular flexibility index (Phi) is 11.8. The molecule has 2 N–H and O–H groups in total.